The molecule has 2 atom stereocenters. The standard InChI is InChI=1S/C13H26N2O3S/c1-4-12(19-9-16)13(18)15-8-6-5-7-11(14-3)10(2)17/h11-12,14,16H,4-9H2,1-3H3,(H,15,18)/t11-,12?/m0/s1. The summed E-state index contributed by atoms with van der Waals surface area (Å²) in [6, 6.07) is -0.0796. The summed E-state index contributed by atoms with van der Waals surface area (Å²) in [6.07, 6.45) is 3.26. The van der Waals surface area contributed by atoms with Gasteiger partial charge in [-0.1, -0.05) is 6.92 Å². The molecule has 0 aromatic rings. The lowest BCUT2D eigenvalue weighted by Gasteiger charge is -2.14. The number of amides is 1. The number of aliphatic hydroxyl groups excluding tert-OH is 1. The second-order valence-electron chi connectivity index (χ2n) is 4.43. The summed E-state index contributed by atoms with van der Waals surface area (Å²) in [6.45, 7) is 4.13. The number of unbranched alkanes of at least 4 members (excludes halogenated alkanes) is 1. The highest BCUT2D eigenvalue weighted by atomic mass is 32.2. The van der Waals surface area contributed by atoms with E-state index in [4.69, 9.17) is 5.11 Å². The van der Waals surface area contributed by atoms with Gasteiger partial charge in [-0.3, -0.25) is 9.59 Å². The van der Waals surface area contributed by atoms with Crippen molar-refractivity contribution in [3.8, 4) is 0 Å². The van der Waals surface area contributed by atoms with Gasteiger partial charge in [-0.25, -0.2) is 0 Å². The van der Waals surface area contributed by atoms with Gasteiger partial charge in [-0.15, -0.1) is 11.8 Å². The summed E-state index contributed by atoms with van der Waals surface area (Å²) in [7, 11) is 1.78. The molecule has 112 valence electrons. The molecule has 0 aromatic heterocycles. The van der Waals surface area contributed by atoms with Crippen LogP contribution in [0.3, 0.4) is 0 Å². The second kappa shape index (κ2) is 11.3. The third-order valence-electron chi connectivity index (χ3n) is 3.00. The summed E-state index contributed by atoms with van der Waals surface area (Å²) in [5.74, 6) is 0.101. The third-order valence-corrected chi connectivity index (χ3v) is 4.10. The number of hydrogen-bond donors (Lipinski definition) is 3. The van der Waals surface area contributed by atoms with Crippen molar-refractivity contribution in [2.24, 2.45) is 0 Å². The number of ketones is 1. The summed E-state index contributed by atoms with van der Waals surface area (Å²) >= 11 is 1.25. The van der Waals surface area contributed by atoms with E-state index in [1.807, 2.05) is 6.92 Å². The van der Waals surface area contributed by atoms with Gasteiger partial charge in [-0.05, 0) is 39.7 Å². The predicted octanol–water partition coefficient (Wildman–Crippen LogP) is 0.911. The molecule has 1 amide bonds. The maximum atomic E-state index is 11.7. The third kappa shape index (κ3) is 8.23. The van der Waals surface area contributed by atoms with Crippen molar-refractivity contribution < 1.29 is 14.7 Å². The largest absolute Gasteiger partial charge is 0.386 e. The number of rotatable bonds is 11. The highest BCUT2D eigenvalue weighted by Crippen LogP contribution is 2.13. The zero-order valence-corrected chi connectivity index (χ0v) is 12.9. The summed E-state index contributed by atoms with van der Waals surface area (Å²) in [5.41, 5.74) is 0. The van der Waals surface area contributed by atoms with Crippen molar-refractivity contribution >= 4 is 23.5 Å². The first-order valence-corrected chi connectivity index (χ1v) is 7.79. The summed E-state index contributed by atoms with van der Waals surface area (Å²) in [4.78, 5) is 22.9. The molecule has 6 heteroatoms. The van der Waals surface area contributed by atoms with Crippen molar-refractivity contribution in [3.63, 3.8) is 0 Å². The number of Topliss-reactive ketones (excluding diaryl/α,β-unsaturated/α-hetero) is 1. The molecule has 19 heavy (non-hydrogen) atoms. The van der Waals surface area contributed by atoms with E-state index in [0.717, 1.165) is 19.3 Å². The Morgan fingerprint density at radius 2 is 2.00 bits per heavy atom. The molecular formula is C13H26N2O3S. The van der Waals surface area contributed by atoms with E-state index in [9.17, 15) is 9.59 Å². The van der Waals surface area contributed by atoms with E-state index in [1.165, 1.54) is 11.8 Å². The van der Waals surface area contributed by atoms with Gasteiger partial charge < -0.3 is 15.7 Å². The van der Waals surface area contributed by atoms with Crippen LogP contribution in [-0.4, -0.2) is 47.6 Å². The number of nitrogens with one attached hydrogen (secondary N) is 2. The maximum absolute atomic E-state index is 11.7. The Morgan fingerprint density at radius 1 is 1.32 bits per heavy atom. The minimum Gasteiger partial charge on any atom is -0.386 e. The molecule has 0 rings (SSSR count). The van der Waals surface area contributed by atoms with Crippen LogP contribution in [0.2, 0.25) is 0 Å². The maximum Gasteiger partial charge on any atom is 0.233 e. The topological polar surface area (TPSA) is 78.4 Å². The normalized spacial score (nSPS) is 13.9. The zero-order chi connectivity index (χ0) is 14.7. The lowest BCUT2D eigenvalue weighted by molar-refractivity contribution is -0.121. The van der Waals surface area contributed by atoms with Crippen LogP contribution in [0.15, 0.2) is 0 Å². The van der Waals surface area contributed by atoms with Gasteiger partial charge in [-0.2, -0.15) is 0 Å². The number of aliphatic hydroxyl groups is 1. The fourth-order valence-corrected chi connectivity index (χ4v) is 2.47. The van der Waals surface area contributed by atoms with E-state index in [2.05, 4.69) is 10.6 Å². The van der Waals surface area contributed by atoms with Gasteiger partial charge >= 0.3 is 0 Å². The Balaban J connectivity index is 3.73. The Morgan fingerprint density at radius 3 is 2.47 bits per heavy atom. The van der Waals surface area contributed by atoms with E-state index in [0.29, 0.717) is 13.0 Å². The average Bonchev–Trinajstić information content (AvgIpc) is 2.39. The number of carbonyl (C=O) groups is 2. The van der Waals surface area contributed by atoms with Crippen molar-refractivity contribution in [1.82, 2.24) is 10.6 Å². The van der Waals surface area contributed by atoms with Gasteiger partial charge in [0, 0.05) is 6.54 Å². The molecule has 0 bridgehead atoms. The molecule has 0 spiro atoms. The summed E-state index contributed by atoms with van der Waals surface area (Å²) < 4.78 is 0. The zero-order valence-electron chi connectivity index (χ0n) is 12.1. The van der Waals surface area contributed by atoms with E-state index in [1.54, 1.807) is 14.0 Å². The van der Waals surface area contributed by atoms with Gasteiger partial charge in [0.1, 0.15) is 5.78 Å². The van der Waals surface area contributed by atoms with Crippen LogP contribution < -0.4 is 10.6 Å². The smallest absolute Gasteiger partial charge is 0.233 e. The summed E-state index contributed by atoms with van der Waals surface area (Å²) in [5, 5.41) is 14.5. The monoisotopic (exact) mass is 290 g/mol. The molecule has 0 saturated heterocycles. The minimum absolute atomic E-state index is 0.0155. The lowest BCUT2D eigenvalue weighted by atomic mass is 10.1. The van der Waals surface area contributed by atoms with Crippen molar-refractivity contribution in [1.29, 1.82) is 0 Å². The number of likely N-dealkylation sites (N-methyl/N-ethyl adjacent to an activating group) is 1. The molecule has 0 saturated carbocycles. The second-order valence-corrected chi connectivity index (χ2v) is 5.59. The minimum atomic E-state index is -0.174. The molecule has 0 aliphatic rings. The van der Waals surface area contributed by atoms with E-state index in [-0.39, 0.29) is 28.9 Å². The van der Waals surface area contributed by atoms with Gasteiger partial charge in [0.2, 0.25) is 5.91 Å². The van der Waals surface area contributed by atoms with Crippen LogP contribution in [0, 0.1) is 0 Å². The lowest BCUT2D eigenvalue weighted by Crippen LogP contribution is -2.34. The Bertz CT molecular complexity index is 275. The molecular weight excluding hydrogens is 264 g/mol. The molecule has 3 N–H and O–H groups in total. The van der Waals surface area contributed by atoms with Crippen LogP contribution in [-0.2, 0) is 9.59 Å². The molecule has 0 aliphatic heterocycles. The molecule has 0 heterocycles. The fourth-order valence-electron chi connectivity index (χ4n) is 1.82. The van der Waals surface area contributed by atoms with Crippen LogP contribution in [0.4, 0.5) is 0 Å². The highest BCUT2D eigenvalue weighted by molar-refractivity contribution is 8.00. The first-order valence-electron chi connectivity index (χ1n) is 6.74. The quantitative estimate of drug-likeness (QED) is 0.389. The Labute approximate surface area is 119 Å². The molecule has 0 aliphatic carbocycles. The predicted molar refractivity (Wildman–Crippen MR) is 79.1 cm³/mol. The van der Waals surface area contributed by atoms with Crippen LogP contribution in [0.25, 0.3) is 0 Å². The number of thioether (sulfide) groups is 1. The van der Waals surface area contributed by atoms with Crippen molar-refractivity contribution in [2.45, 2.75) is 50.8 Å². The van der Waals surface area contributed by atoms with Crippen LogP contribution in [0.5, 0.6) is 0 Å². The molecule has 5 nitrogen and oxygen atoms in total. The fraction of sp³-hybridized carbons (Fsp3) is 0.846. The van der Waals surface area contributed by atoms with Gasteiger partial charge in [0.25, 0.3) is 0 Å². The van der Waals surface area contributed by atoms with Crippen molar-refractivity contribution in [3.05, 3.63) is 0 Å². The van der Waals surface area contributed by atoms with Gasteiger partial charge in [0.15, 0.2) is 0 Å². The number of hydrogen-bond acceptors (Lipinski definition) is 5. The molecule has 1 unspecified atom stereocenters. The molecule has 0 radical (unpaired) electrons. The molecule has 0 fully saturated rings. The first kappa shape index (κ1) is 18.4. The molecule has 0 aromatic carbocycles. The first-order chi connectivity index (χ1) is 9.06. The SMILES string of the molecule is CCC(SCO)C(=O)NCCCC[C@H](NC)C(C)=O. The average molecular weight is 290 g/mol. The van der Waals surface area contributed by atoms with Crippen LogP contribution >= 0.6 is 11.8 Å². The Hall–Kier alpha value is -0.590. The highest BCUT2D eigenvalue weighted by Gasteiger charge is 2.15. The number of carbonyl (C=O) groups excluding carboxylic acids is 2. The van der Waals surface area contributed by atoms with Crippen LogP contribution in [0.1, 0.15) is 39.5 Å². The van der Waals surface area contributed by atoms with E-state index >= 15 is 0 Å². The van der Waals surface area contributed by atoms with E-state index < -0.39 is 0 Å². The van der Waals surface area contributed by atoms with Gasteiger partial charge in [0.05, 0.1) is 17.2 Å². The van der Waals surface area contributed by atoms with Crippen molar-refractivity contribution in [2.75, 3.05) is 19.5 Å². The Kier molecular flexibility index (Phi) is 10.9.